The Hall–Kier alpha value is -2.04. The van der Waals surface area contributed by atoms with Gasteiger partial charge in [0.15, 0.2) is 5.54 Å². The van der Waals surface area contributed by atoms with Gasteiger partial charge in [0, 0.05) is 13.1 Å². The van der Waals surface area contributed by atoms with E-state index >= 15 is 0 Å². The lowest BCUT2D eigenvalue weighted by molar-refractivity contribution is -0.144. The van der Waals surface area contributed by atoms with Crippen LogP contribution in [0.1, 0.15) is 39.2 Å². The molecule has 0 bridgehead atoms. The van der Waals surface area contributed by atoms with Crippen LogP contribution < -0.4 is 5.32 Å². The molecule has 1 aromatic rings. The van der Waals surface area contributed by atoms with Gasteiger partial charge in [0.25, 0.3) is 0 Å². The normalized spacial score (nSPS) is 13.3. The zero-order valence-electron chi connectivity index (χ0n) is 12.9. The highest BCUT2D eigenvalue weighted by atomic mass is 16.4. The van der Waals surface area contributed by atoms with Crippen molar-refractivity contribution in [2.24, 2.45) is 0 Å². The van der Waals surface area contributed by atoms with Crippen molar-refractivity contribution in [1.82, 2.24) is 10.2 Å². The van der Waals surface area contributed by atoms with Gasteiger partial charge in [0.2, 0.25) is 0 Å². The van der Waals surface area contributed by atoms with E-state index in [1.54, 1.807) is 29.2 Å². The molecule has 0 saturated heterocycles. The maximum atomic E-state index is 12.4. The number of carbonyl (C=O) groups is 2. The number of rotatable bonds is 7. The number of nitrogens with one attached hydrogen (secondary N) is 1. The minimum Gasteiger partial charge on any atom is -0.479 e. The van der Waals surface area contributed by atoms with Crippen LogP contribution in [0.2, 0.25) is 0 Å². The molecule has 2 N–H and O–H groups in total. The molecule has 0 heterocycles. The first kappa shape index (κ1) is 17.0. The molecule has 2 amide bonds. The maximum Gasteiger partial charge on any atom is 0.333 e. The quantitative estimate of drug-likeness (QED) is 0.812. The Labute approximate surface area is 126 Å². The van der Waals surface area contributed by atoms with Crippen LogP contribution in [0.25, 0.3) is 0 Å². The van der Waals surface area contributed by atoms with Gasteiger partial charge < -0.3 is 15.3 Å². The summed E-state index contributed by atoms with van der Waals surface area (Å²) in [6.45, 7) is 6.72. The molecular weight excluding hydrogens is 268 g/mol. The van der Waals surface area contributed by atoms with Crippen molar-refractivity contribution in [3.05, 3.63) is 35.9 Å². The number of hydrogen-bond acceptors (Lipinski definition) is 2. The minimum atomic E-state index is -1.43. The predicted molar refractivity (Wildman–Crippen MR) is 82.1 cm³/mol. The zero-order chi connectivity index (χ0) is 15.9. The molecule has 1 aromatic carbocycles. The van der Waals surface area contributed by atoms with Crippen molar-refractivity contribution < 1.29 is 14.7 Å². The molecule has 0 saturated carbocycles. The Kier molecular flexibility index (Phi) is 6.21. The van der Waals surface area contributed by atoms with Crippen LogP contribution in [0.4, 0.5) is 4.79 Å². The summed E-state index contributed by atoms with van der Waals surface area (Å²) < 4.78 is 0. The van der Waals surface area contributed by atoms with Gasteiger partial charge in [0.1, 0.15) is 0 Å². The molecular formula is C16H24N2O3. The highest BCUT2D eigenvalue weighted by molar-refractivity contribution is 5.87. The Bertz CT molecular complexity index is 470. The Morgan fingerprint density at radius 1 is 1.14 bits per heavy atom. The molecule has 0 fully saturated rings. The Balaban J connectivity index is 2.97. The fourth-order valence-electron chi connectivity index (χ4n) is 2.17. The van der Waals surface area contributed by atoms with Gasteiger partial charge in [-0.25, -0.2) is 9.59 Å². The third kappa shape index (κ3) is 4.21. The molecule has 5 nitrogen and oxygen atoms in total. The van der Waals surface area contributed by atoms with Gasteiger partial charge in [-0.05, 0) is 25.3 Å². The minimum absolute atomic E-state index is 0.340. The maximum absolute atomic E-state index is 12.4. The molecule has 0 aliphatic rings. The lowest BCUT2D eigenvalue weighted by atomic mass is 9.92. The van der Waals surface area contributed by atoms with Crippen LogP contribution in [0, 0.1) is 0 Å². The standard InChI is InChI=1S/C16H24N2O3/c1-4-11-18(12-5-2)15(21)17-16(3,14(19)20)13-9-7-6-8-10-13/h6-10H,4-5,11-12H2,1-3H3,(H,17,21)(H,19,20). The van der Waals surface area contributed by atoms with E-state index in [1.807, 2.05) is 19.9 Å². The van der Waals surface area contributed by atoms with E-state index in [1.165, 1.54) is 6.92 Å². The van der Waals surface area contributed by atoms with Gasteiger partial charge in [0.05, 0.1) is 0 Å². The van der Waals surface area contributed by atoms with Gasteiger partial charge in [-0.3, -0.25) is 0 Å². The molecule has 116 valence electrons. The number of carboxylic acid groups (broad SMARTS) is 1. The average Bonchev–Trinajstić information content (AvgIpc) is 2.47. The van der Waals surface area contributed by atoms with Crippen molar-refractivity contribution in [3.63, 3.8) is 0 Å². The van der Waals surface area contributed by atoms with Crippen molar-refractivity contribution in [3.8, 4) is 0 Å². The number of hydrogen-bond donors (Lipinski definition) is 2. The van der Waals surface area contributed by atoms with Gasteiger partial charge >= 0.3 is 12.0 Å². The van der Waals surface area contributed by atoms with Crippen molar-refractivity contribution in [1.29, 1.82) is 0 Å². The summed E-state index contributed by atoms with van der Waals surface area (Å²) in [5, 5.41) is 12.2. The fraction of sp³-hybridized carbons (Fsp3) is 0.500. The fourth-order valence-corrected chi connectivity index (χ4v) is 2.17. The number of nitrogens with zero attached hydrogens (tertiary/aromatic N) is 1. The van der Waals surface area contributed by atoms with Crippen molar-refractivity contribution >= 4 is 12.0 Å². The molecule has 0 aliphatic heterocycles. The lowest BCUT2D eigenvalue weighted by Gasteiger charge is -2.31. The van der Waals surface area contributed by atoms with Crippen LogP contribution >= 0.6 is 0 Å². The largest absolute Gasteiger partial charge is 0.479 e. The summed E-state index contributed by atoms with van der Waals surface area (Å²) >= 11 is 0. The van der Waals surface area contributed by atoms with Gasteiger partial charge in [-0.1, -0.05) is 44.2 Å². The first-order valence-corrected chi connectivity index (χ1v) is 7.31. The number of carboxylic acids is 1. The van der Waals surface area contributed by atoms with E-state index in [0.29, 0.717) is 18.7 Å². The Morgan fingerprint density at radius 3 is 2.10 bits per heavy atom. The third-order valence-corrected chi connectivity index (χ3v) is 3.41. The zero-order valence-corrected chi connectivity index (χ0v) is 12.9. The highest BCUT2D eigenvalue weighted by Crippen LogP contribution is 2.21. The number of carbonyl (C=O) groups excluding carboxylic acids is 1. The second kappa shape index (κ2) is 7.67. The van der Waals surface area contributed by atoms with Crippen LogP contribution in [0.3, 0.4) is 0 Å². The Morgan fingerprint density at radius 2 is 1.67 bits per heavy atom. The van der Waals surface area contributed by atoms with E-state index in [9.17, 15) is 14.7 Å². The molecule has 0 spiro atoms. The van der Waals surface area contributed by atoms with Gasteiger partial charge in [-0.15, -0.1) is 0 Å². The van der Waals surface area contributed by atoms with Crippen molar-refractivity contribution in [2.45, 2.75) is 39.2 Å². The van der Waals surface area contributed by atoms with E-state index in [2.05, 4.69) is 5.32 Å². The summed E-state index contributed by atoms with van der Waals surface area (Å²) in [6, 6.07) is 8.41. The average molecular weight is 292 g/mol. The first-order chi connectivity index (χ1) is 9.95. The van der Waals surface area contributed by atoms with E-state index in [0.717, 1.165) is 12.8 Å². The second-order valence-electron chi connectivity index (χ2n) is 5.21. The summed E-state index contributed by atoms with van der Waals surface area (Å²) in [6.07, 6.45) is 1.67. The molecule has 1 unspecified atom stereocenters. The summed E-state index contributed by atoms with van der Waals surface area (Å²) in [7, 11) is 0. The van der Waals surface area contributed by atoms with E-state index < -0.39 is 11.5 Å². The number of amides is 2. The molecule has 0 aromatic heterocycles. The predicted octanol–water partition coefficient (Wildman–Crippen LogP) is 2.82. The van der Waals surface area contributed by atoms with Crippen LogP contribution in [-0.4, -0.2) is 35.1 Å². The number of benzene rings is 1. The summed E-state index contributed by atoms with van der Waals surface area (Å²) in [5.41, 5.74) is -0.878. The van der Waals surface area contributed by atoms with Crippen LogP contribution in [-0.2, 0) is 10.3 Å². The molecule has 21 heavy (non-hydrogen) atoms. The van der Waals surface area contributed by atoms with E-state index in [-0.39, 0.29) is 6.03 Å². The highest BCUT2D eigenvalue weighted by Gasteiger charge is 2.37. The first-order valence-electron chi connectivity index (χ1n) is 7.31. The van der Waals surface area contributed by atoms with Crippen LogP contribution in [0.15, 0.2) is 30.3 Å². The monoisotopic (exact) mass is 292 g/mol. The van der Waals surface area contributed by atoms with E-state index in [4.69, 9.17) is 0 Å². The van der Waals surface area contributed by atoms with Crippen LogP contribution in [0.5, 0.6) is 0 Å². The van der Waals surface area contributed by atoms with Gasteiger partial charge in [-0.2, -0.15) is 0 Å². The summed E-state index contributed by atoms with van der Waals surface area (Å²) in [5.74, 6) is -1.07. The summed E-state index contributed by atoms with van der Waals surface area (Å²) in [4.78, 5) is 25.7. The smallest absolute Gasteiger partial charge is 0.333 e. The lowest BCUT2D eigenvalue weighted by Crippen LogP contribution is -2.54. The molecule has 1 atom stereocenters. The molecule has 0 radical (unpaired) electrons. The third-order valence-electron chi connectivity index (χ3n) is 3.41. The molecule has 1 rings (SSSR count). The molecule has 5 heteroatoms. The number of urea groups is 1. The number of aliphatic carboxylic acids is 1. The second-order valence-corrected chi connectivity index (χ2v) is 5.21. The SMILES string of the molecule is CCCN(CCC)C(=O)NC(C)(C(=O)O)c1ccccc1. The molecule has 0 aliphatic carbocycles. The topological polar surface area (TPSA) is 69.6 Å². The van der Waals surface area contributed by atoms with Crippen molar-refractivity contribution in [2.75, 3.05) is 13.1 Å².